The Labute approximate surface area is 102 Å². The van der Waals surface area contributed by atoms with Gasteiger partial charge in [-0.3, -0.25) is 0 Å². The summed E-state index contributed by atoms with van der Waals surface area (Å²) in [6.07, 6.45) is 2.21. The molecule has 0 heterocycles. The summed E-state index contributed by atoms with van der Waals surface area (Å²) in [5.74, 6) is 0.848. The molecule has 0 aromatic heterocycles. The Kier molecular flexibility index (Phi) is 3.54. The van der Waals surface area contributed by atoms with Crippen LogP contribution in [0.5, 0.6) is 5.75 Å². The fourth-order valence-electron chi connectivity index (χ4n) is 2.33. The molecule has 4 nitrogen and oxygen atoms in total. The van der Waals surface area contributed by atoms with E-state index in [2.05, 4.69) is 5.32 Å². The first kappa shape index (κ1) is 12.2. The molecule has 0 atom stereocenters. The van der Waals surface area contributed by atoms with Gasteiger partial charge in [0.15, 0.2) is 0 Å². The Balaban J connectivity index is 2.09. The van der Waals surface area contributed by atoms with Crippen molar-refractivity contribution in [2.24, 2.45) is 5.73 Å². The second-order valence-electron chi connectivity index (χ2n) is 4.58. The lowest BCUT2D eigenvalue weighted by Crippen LogP contribution is -2.58. The number of ether oxygens (including phenoxy) is 2. The summed E-state index contributed by atoms with van der Waals surface area (Å²) in [7, 11) is 3.42. The van der Waals surface area contributed by atoms with Crippen LogP contribution >= 0.6 is 0 Å². The topological polar surface area (TPSA) is 56.5 Å². The maximum Gasteiger partial charge on any atom is 0.141 e. The average Bonchev–Trinajstić information content (AvgIpc) is 2.33. The number of nitrogens with one attached hydrogen (secondary N) is 1. The molecule has 4 heteroatoms. The van der Waals surface area contributed by atoms with Crippen molar-refractivity contribution in [2.45, 2.75) is 24.5 Å². The normalized spacial score (nSPS) is 27.4. The van der Waals surface area contributed by atoms with Crippen molar-refractivity contribution in [1.29, 1.82) is 0 Å². The zero-order valence-corrected chi connectivity index (χ0v) is 10.4. The number of anilines is 1. The van der Waals surface area contributed by atoms with Crippen molar-refractivity contribution in [3.05, 3.63) is 24.3 Å². The molecule has 0 unspecified atom stereocenters. The molecule has 1 saturated carbocycles. The standard InChI is InChI=1S/C13H20N2O2/c1-16-10-7-13(8-10,9-14)15-11-5-3-4-6-12(11)17-2/h3-6,10,15H,7-9,14H2,1-2H3. The van der Waals surface area contributed by atoms with Gasteiger partial charge in [0.25, 0.3) is 0 Å². The van der Waals surface area contributed by atoms with Crippen LogP contribution in [0.15, 0.2) is 24.3 Å². The van der Waals surface area contributed by atoms with E-state index in [1.807, 2.05) is 24.3 Å². The van der Waals surface area contributed by atoms with Crippen molar-refractivity contribution >= 4 is 5.69 Å². The lowest BCUT2D eigenvalue weighted by Gasteiger charge is -2.47. The molecule has 2 rings (SSSR count). The summed E-state index contributed by atoms with van der Waals surface area (Å²) in [4.78, 5) is 0. The number of hydrogen-bond acceptors (Lipinski definition) is 4. The Morgan fingerprint density at radius 2 is 2.06 bits per heavy atom. The fraction of sp³-hybridized carbons (Fsp3) is 0.538. The minimum absolute atomic E-state index is 0.0463. The Bertz CT molecular complexity index is 375. The summed E-state index contributed by atoms with van der Waals surface area (Å²) >= 11 is 0. The van der Waals surface area contributed by atoms with Crippen LogP contribution in [0.25, 0.3) is 0 Å². The van der Waals surface area contributed by atoms with E-state index < -0.39 is 0 Å². The second-order valence-corrected chi connectivity index (χ2v) is 4.58. The fourth-order valence-corrected chi connectivity index (χ4v) is 2.33. The molecule has 0 radical (unpaired) electrons. The molecule has 1 aliphatic carbocycles. The van der Waals surface area contributed by atoms with E-state index in [1.54, 1.807) is 14.2 Å². The molecule has 94 valence electrons. The van der Waals surface area contributed by atoms with Crippen LogP contribution < -0.4 is 15.8 Å². The van der Waals surface area contributed by atoms with Gasteiger partial charge in [-0.25, -0.2) is 0 Å². The number of methoxy groups -OCH3 is 2. The van der Waals surface area contributed by atoms with Crippen LogP contribution in [0, 0.1) is 0 Å². The van der Waals surface area contributed by atoms with Gasteiger partial charge in [-0.2, -0.15) is 0 Å². The van der Waals surface area contributed by atoms with Crippen molar-refractivity contribution in [2.75, 3.05) is 26.1 Å². The Morgan fingerprint density at radius 1 is 1.35 bits per heavy atom. The molecule has 17 heavy (non-hydrogen) atoms. The first-order valence-electron chi connectivity index (χ1n) is 5.87. The van der Waals surface area contributed by atoms with Gasteiger partial charge in [0.05, 0.1) is 24.4 Å². The van der Waals surface area contributed by atoms with Gasteiger partial charge in [0, 0.05) is 13.7 Å². The molecule has 0 spiro atoms. The van der Waals surface area contributed by atoms with E-state index in [1.165, 1.54) is 0 Å². The lowest BCUT2D eigenvalue weighted by atomic mass is 9.74. The van der Waals surface area contributed by atoms with Gasteiger partial charge >= 0.3 is 0 Å². The smallest absolute Gasteiger partial charge is 0.141 e. The minimum atomic E-state index is -0.0463. The van der Waals surface area contributed by atoms with Gasteiger partial charge in [-0.15, -0.1) is 0 Å². The van der Waals surface area contributed by atoms with E-state index in [0.29, 0.717) is 12.6 Å². The van der Waals surface area contributed by atoms with Gasteiger partial charge < -0.3 is 20.5 Å². The highest BCUT2D eigenvalue weighted by molar-refractivity contribution is 5.58. The van der Waals surface area contributed by atoms with Crippen molar-refractivity contribution in [3.8, 4) is 5.75 Å². The number of para-hydroxylation sites is 2. The van der Waals surface area contributed by atoms with Gasteiger partial charge in [0.2, 0.25) is 0 Å². The number of rotatable bonds is 5. The molecule has 1 fully saturated rings. The van der Waals surface area contributed by atoms with Gasteiger partial charge in [0.1, 0.15) is 5.75 Å². The molecule has 1 aromatic carbocycles. The molecular formula is C13H20N2O2. The molecule has 0 amide bonds. The summed E-state index contributed by atoms with van der Waals surface area (Å²) in [5, 5.41) is 3.50. The summed E-state index contributed by atoms with van der Waals surface area (Å²) in [5.41, 5.74) is 6.82. The third-order valence-electron chi connectivity index (χ3n) is 3.47. The molecular weight excluding hydrogens is 216 g/mol. The van der Waals surface area contributed by atoms with Crippen LogP contribution in [0.1, 0.15) is 12.8 Å². The van der Waals surface area contributed by atoms with Crippen LogP contribution in [-0.4, -0.2) is 32.4 Å². The highest BCUT2D eigenvalue weighted by Gasteiger charge is 2.43. The highest BCUT2D eigenvalue weighted by atomic mass is 16.5. The van der Waals surface area contributed by atoms with E-state index in [-0.39, 0.29) is 5.54 Å². The van der Waals surface area contributed by atoms with Crippen molar-refractivity contribution < 1.29 is 9.47 Å². The summed E-state index contributed by atoms with van der Waals surface area (Å²) < 4.78 is 10.6. The largest absolute Gasteiger partial charge is 0.495 e. The van der Waals surface area contributed by atoms with E-state index in [4.69, 9.17) is 15.2 Å². The van der Waals surface area contributed by atoms with Gasteiger partial charge in [-0.1, -0.05) is 12.1 Å². The van der Waals surface area contributed by atoms with E-state index in [9.17, 15) is 0 Å². The second kappa shape index (κ2) is 4.94. The summed E-state index contributed by atoms with van der Waals surface area (Å²) in [6.45, 7) is 0.602. The van der Waals surface area contributed by atoms with Crippen LogP contribution in [0.3, 0.4) is 0 Å². The molecule has 0 saturated heterocycles. The zero-order chi connectivity index (χ0) is 12.3. The first-order chi connectivity index (χ1) is 8.23. The Hall–Kier alpha value is -1.26. The Morgan fingerprint density at radius 3 is 2.65 bits per heavy atom. The number of hydrogen-bond donors (Lipinski definition) is 2. The van der Waals surface area contributed by atoms with E-state index >= 15 is 0 Å². The average molecular weight is 236 g/mol. The van der Waals surface area contributed by atoms with E-state index in [0.717, 1.165) is 24.3 Å². The summed E-state index contributed by atoms with van der Waals surface area (Å²) in [6, 6.07) is 7.90. The predicted molar refractivity (Wildman–Crippen MR) is 68.4 cm³/mol. The van der Waals surface area contributed by atoms with Crippen LogP contribution in [-0.2, 0) is 4.74 Å². The first-order valence-corrected chi connectivity index (χ1v) is 5.87. The van der Waals surface area contributed by atoms with Crippen LogP contribution in [0.4, 0.5) is 5.69 Å². The third-order valence-corrected chi connectivity index (χ3v) is 3.47. The van der Waals surface area contributed by atoms with Crippen molar-refractivity contribution in [3.63, 3.8) is 0 Å². The lowest BCUT2D eigenvalue weighted by molar-refractivity contribution is -0.00252. The zero-order valence-electron chi connectivity index (χ0n) is 10.4. The quantitative estimate of drug-likeness (QED) is 0.815. The van der Waals surface area contributed by atoms with Crippen LogP contribution in [0.2, 0.25) is 0 Å². The number of nitrogens with two attached hydrogens (primary N) is 1. The third kappa shape index (κ3) is 2.37. The SMILES string of the molecule is COc1ccccc1NC1(CN)CC(OC)C1. The predicted octanol–water partition coefficient (Wildman–Crippen LogP) is 1.61. The molecule has 1 aromatic rings. The maximum absolute atomic E-state index is 5.87. The highest BCUT2D eigenvalue weighted by Crippen LogP contribution is 2.38. The maximum atomic E-state index is 5.87. The molecule has 0 bridgehead atoms. The molecule has 3 N–H and O–H groups in total. The number of benzene rings is 1. The minimum Gasteiger partial charge on any atom is -0.495 e. The van der Waals surface area contributed by atoms with Gasteiger partial charge in [-0.05, 0) is 25.0 Å². The monoisotopic (exact) mass is 236 g/mol. The molecule has 0 aliphatic heterocycles. The molecule has 1 aliphatic rings. The van der Waals surface area contributed by atoms with Crippen molar-refractivity contribution in [1.82, 2.24) is 0 Å².